The van der Waals surface area contributed by atoms with Crippen molar-refractivity contribution in [3.05, 3.63) is 52.2 Å². The molecule has 8 heteroatoms. The molecule has 1 aromatic carbocycles. The maximum Gasteiger partial charge on any atom is 0.446 e. The summed E-state index contributed by atoms with van der Waals surface area (Å²) in [6, 6.07) is 10.7. The highest BCUT2D eigenvalue weighted by molar-refractivity contribution is 8.00. The lowest BCUT2D eigenvalue weighted by molar-refractivity contribution is -0.0328. The Kier molecular flexibility index (Phi) is 7.00. The predicted molar refractivity (Wildman–Crippen MR) is 96.2 cm³/mol. The summed E-state index contributed by atoms with van der Waals surface area (Å²) in [7, 11) is 0. The molecule has 1 atom stereocenters. The number of thioether (sulfide) groups is 1. The SMILES string of the molecule is Cl.FC(F)(F)Sc1ccccc1[C@@H](c1cccs1)N1CCNCC1. The van der Waals surface area contributed by atoms with Gasteiger partial charge in [0.1, 0.15) is 0 Å². The molecule has 1 aromatic heterocycles. The summed E-state index contributed by atoms with van der Waals surface area (Å²) >= 11 is 1.57. The zero-order chi connectivity index (χ0) is 16.3. The van der Waals surface area contributed by atoms with Gasteiger partial charge in [-0.3, -0.25) is 4.90 Å². The first-order valence-electron chi connectivity index (χ1n) is 7.37. The second-order valence-electron chi connectivity index (χ2n) is 5.29. The van der Waals surface area contributed by atoms with Gasteiger partial charge in [0.15, 0.2) is 0 Å². The minimum absolute atomic E-state index is 0. The van der Waals surface area contributed by atoms with E-state index in [0.29, 0.717) is 0 Å². The van der Waals surface area contributed by atoms with E-state index >= 15 is 0 Å². The van der Waals surface area contributed by atoms with E-state index in [4.69, 9.17) is 0 Å². The van der Waals surface area contributed by atoms with Crippen LogP contribution in [0.1, 0.15) is 16.5 Å². The van der Waals surface area contributed by atoms with Gasteiger partial charge >= 0.3 is 5.51 Å². The van der Waals surface area contributed by atoms with Crippen LogP contribution in [0.3, 0.4) is 0 Å². The Labute approximate surface area is 153 Å². The van der Waals surface area contributed by atoms with Gasteiger partial charge in [0.25, 0.3) is 0 Å². The second kappa shape index (κ2) is 8.58. The van der Waals surface area contributed by atoms with Gasteiger partial charge in [0.2, 0.25) is 0 Å². The minimum atomic E-state index is -4.28. The number of hydrogen-bond donors (Lipinski definition) is 1. The first kappa shape index (κ1) is 19.6. The number of thiophene rings is 1. The Bertz CT molecular complexity index is 629. The van der Waals surface area contributed by atoms with Crippen LogP contribution in [-0.2, 0) is 0 Å². The molecule has 0 radical (unpaired) electrons. The van der Waals surface area contributed by atoms with Crippen LogP contribution in [0, 0.1) is 0 Å². The number of hydrogen-bond acceptors (Lipinski definition) is 4. The van der Waals surface area contributed by atoms with E-state index in [9.17, 15) is 13.2 Å². The predicted octanol–water partition coefficient (Wildman–Crippen LogP) is 4.78. The molecule has 132 valence electrons. The number of nitrogens with one attached hydrogen (secondary N) is 1. The Morgan fingerprint density at radius 3 is 2.42 bits per heavy atom. The second-order valence-corrected chi connectivity index (χ2v) is 7.38. The minimum Gasteiger partial charge on any atom is -0.314 e. The Morgan fingerprint density at radius 2 is 1.79 bits per heavy atom. The van der Waals surface area contributed by atoms with Crippen molar-refractivity contribution in [1.29, 1.82) is 0 Å². The van der Waals surface area contributed by atoms with Crippen LogP contribution in [0.4, 0.5) is 13.2 Å². The van der Waals surface area contributed by atoms with Crippen molar-refractivity contribution < 1.29 is 13.2 Å². The summed E-state index contributed by atoms with van der Waals surface area (Å²) < 4.78 is 38.7. The van der Waals surface area contributed by atoms with Crippen LogP contribution in [-0.4, -0.2) is 36.6 Å². The number of nitrogens with zero attached hydrogens (tertiary/aromatic N) is 1. The van der Waals surface area contributed by atoms with E-state index < -0.39 is 5.51 Å². The standard InChI is InChI=1S/C16H17F3N2S2.ClH/c17-16(18,19)23-13-5-2-1-4-12(13)15(14-6-3-11-22-14)21-9-7-20-8-10-21;/h1-6,11,15,20H,7-10H2;1H/t15-;/m0./s1. The summed E-state index contributed by atoms with van der Waals surface area (Å²) in [5.41, 5.74) is -3.54. The molecule has 1 aliphatic heterocycles. The van der Waals surface area contributed by atoms with E-state index in [1.54, 1.807) is 23.5 Å². The lowest BCUT2D eigenvalue weighted by Gasteiger charge is -2.35. The van der Waals surface area contributed by atoms with Gasteiger partial charge in [-0.1, -0.05) is 24.3 Å². The third kappa shape index (κ3) is 4.89. The first-order chi connectivity index (χ1) is 11.0. The molecular formula is C16H18ClF3N2S2. The Hall–Kier alpha value is -0.730. The van der Waals surface area contributed by atoms with E-state index in [1.807, 2.05) is 29.6 Å². The Morgan fingerprint density at radius 1 is 1.08 bits per heavy atom. The third-order valence-electron chi connectivity index (χ3n) is 3.77. The van der Waals surface area contributed by atoms with Gasteiger partial charge in [0, 0.05) is 36.0 Å². The molecule has 2 heterocycles. The van der Waals surface area contributed by atoms with E-state index in [1.165, 1.54) is 0 Å². The fraction of sp³-hybridized carbons (Fsp3) is 0.375. The highest BCUT2D eigenvalue weighted by atomic mass is 35.5. The molecule has 3 rings (SSSR count). The van der Waals surface area contributed by atoms with Gasteiger partial charge in [-0.05, 0) is 34.8 Å². The van der Waals surface area contributed by atoms with E-state index in [2.05, 4.69) is 10.2 Å². The molecule has 1 N–H and O–H groups in total. The van der Waals surface area contributed by atoms with Crippen LogP contribution in [0.15, 0.2) is 46.7 Å². The van der Waals surface area contributed by atoms with Crippen molar-refractivity contribution in [1.82, 2.24) is 10.2 Å². The van der Waals surface area contributed by atoms with Gasteiger partial charge in [-0.15, -0.1) is 23.7 Å². The molecule has 0 saturated carbocycles. The molecule has 0 spiro atoms. The summed E-state index contributed by atoms with van der Waals surface area (Å²) in [4.78, 5) is 3.64. The molecule has 0 amide bonds. The maximum absolute atomic E-state index is 12.9. The first-order valence-corrected chi connectivity index (χ1v) is 9.07. The van der Waals surface area contributed by atoms with Gasteiger partial charge in [-0.25, -0.2) is 0 Å². The highest BCUT2D eigenvalue weighted by Gasteiger charge is 2.33. The number of halogens is 4. The molecule has 1 aliphatic rings. The molecule has 2 nitrogen and oxygen atoms in total. The highest BCUT2D eigenvalue weighted by Crippen LogP contribution is 2.43. The van der Waals surface area contributed by atoms with E-state index in [-0.39, 0.29) is 35.1 Å². The lowest BCUT2D eigenvalue weighted by Crippen LogP contribution is -2.45. The number of benzene rings is 1. The zero-order valence-electron chi connectivity index (χ0n) is 12.8. The van der Waals surface area contributed by atoms with Crippen LogP contribution in [0.25, 0.3) is 0 Å². The molecule has 0 bridgehead atoms. The van der Waals surface area contributed by atoms with Crippen LogP contribution in [0.5, 0.6) is 0 Å². The molecule has 1 fully saturated rings. The summed E-state index contributed by atoms with van der Waals surface area (Å²) in [6.07, 6.45) is 0. The normalized spacial score (nSPS) is 17.3. The average Bonchev–Trinajstić information content (AvgIpc) is 3.03. The van der Waals surface area contributed by atoms with Crippen LogP contribution >= 0.6 is 35.5 Å². The molecule has 24 heavy (non-hydrogen) atoms. The number of rotatable bonds is 4. The molecule has 1 saturated heterocycles. The average molecular weight is 395 g/mol. The molecule has 2 aromatic rings. The van der Waals surface area contributed by atoms with Crippen LogP contribution < -0.4 is 5.32 Å². The quantitative estimate of drug-likeness (QED) is 0.751. The van der Waals surface area contributed by atoms with Crippen molar-refractivity contribution >= 4 is 35.5 Å². The third-order valence-corrected chi connectivity index (χ3v) is 5.52. The number of piperazine rings is 1. The fourth-order valence-electron chi connectivity index (χ4n) is 2.84. The Balaban J connectivity index is 0.00000208. The molecular weight excluding hydrogens is 377 g/mol. The maximum atomic E-state index is 12.9. The van der Waals surface area contributed by atoms with Crippen LogP contribution in [0.2, 0.25) is 0 Å². The summed E-state index contributed by atoms with van der Waals surface area (Å²) in [5, 5.41) is 5.27. The number of alkyl halides is 3. The van der Waals surface area contributed by atoms with Crippen molar-refractivity contribution in [2.75, 3.05) is 26.2 Å². The van der Waals surface area contributed by atoms with Gasteiger partial charge in [0.05, 0.1) is 6.04 Å². The van der Waals surface area contributed by atoms with Crippen molar-refractivity contribution in [2.45, 2.75) is 16.4 Å². The fourth-order valence-corrected chi connectivity index (χ4v) is 4.41. The molecule has 0 aliphatic carbocycles. The van der Waals surface area contributed by atoms with Gasteiger partial charge in [-0.2, -0.15) is 13.2 Å². The smallest absolute Gasteiger partial charge is 0.314 e. The summed E-state index contributed by atoms with van der Waals surface area (Å²) in [6.45, 7) is 3.37. The zero-order valence-corrected chi connectivity index (χ0v) is 15.2. The van der Waals surface area contributed by atoms with E-state index in [0.717, 1.165) is 36.6 Å². The van der Waals surface area contributed by atoms with Crippen molar-refractivity contribution in [2.24, 2.45) is 0 Å². The molecule has 0 unspecified atom stereocenters. The van der Waals surface area contributed by atoms with Crippen molar-refractivity contribution in [3.8, 4) is 0 Å². The monoisotopic (exact) mass is 394 g/mol. The topological polar surface area (TPSA) is 15.3 Å². The lowest BCUT2D eigenvalue weighted by atomic mass is 10.0. The van der Waals surface area contributed by atoms with Crippen molar-refractivity contribution in [3.63, 3.8) is 0 Å². The largest absolute Gasteiger partial charge is 0.446 e. The summed E-state index contributed by atoms with van der Waals surface area (Å²) in [5.74, 6) is 0. The van der Waals surface area contributed by atoms with Gasteiger partial charge < -0.3 is 5.32 Å².